The molecule has 0 saturated carbocycles. The molecule has 3 aromatic rings. The summed E-state index contributed by atoms with van der Waals surface area (Å²) in [6.07, 6.45) is 2.11. The summed E-state index contributed by atoms with van der Waals surface area (Å²) in [6.45, 7) is 3.30. The fourth-order valence-electron chi connectivity index (χ4n) is 3.03. The standard InChI is InChI=1S/C24H24Cl3NO/c1-17(7-8-18-5-3-2-4-6-18)28-15-20-14-21(25)10-12-24(20)29-16-19-9-11-22(26)23(27)13-19/h2-6,9-14,17,28H,7-8,15-16H2,1H3/t17-/m0/s1. The van der Waals surface area contributed by atoms with Crippen molar-refractivity contribution in [3.05, 3.63) is 98.5 Å². The highest BCUT2D eigenvalue weighted by atomic mass is 35.5. The van der Waals surface area contributed by atoms with Crippen LogP contribution in [0.25, 0.3) is 0 Å². The number of aryl methyl sites for hydroxylation is 1. The van der Waals surface area contributed by atoms with Gasteiger partial charge in [-0.1, -0.05) is 71.2 Å². The van der Waals surface area contributed by atoms with Gasteiger partial charge in [-0.2, -0.15) is 0 Å². The van der Waals surface area contributed by atoms with E-state index in [1.54, 1.807) is 6.07 Å². The highest BCUT2D eigenvalue weighted by molar-refractivity contribution is 6.42. The fourth-order valence-corrected chi connectivity index (χ4v) is 3.55. The molecule has 0 unspecified atom stereocenters. The highest BCUT2D eigenvalue weighted by Crippen LogP contribution is 2.26. The second kappa shape index (κ2) is 10.9. The molecule has 29 heavy (non-hydrogen) atoms. The molecule has 0 amide bonds. The SMILES string of the molecule is C[C@@H](CCc1ccccc1)NCc1cc(Cl)ccc1OCc1ccc(Cl)c(Cl)c1. The van der Waals surface area contributed by atoms with E-state index in [9.17, 15) is 0 Å². The van der Waals surface area contributed by atoms with E-state index in [1.165, 1.54) is 5.56 Å². The van der Waals surface area contributed by atoms with Gasteiger partial charge in [-0.25, -0.2) is 0 Å². The molecule has 2 nitrogen and oxygen atoms in total. The zero-order valence-electron chi connectivity index (χ0n) is 16.3. The molecule has 0 bridgehead atoms. The Labute approximate surface area is 187 Å². The van der Waals surface area contributed by atoms with Crippen LogP contribution in [0.4, 0.5) is 0 Å². The lowest BCUT2D eigenvalue weighted by Crippen LogP contribution is -2.26. The van der Waals surface area contributed by atoms with Gasteiger partial charge in [-0.3, -0.25) is 0 Å². The van der Waals surface area contributed by atoms with Crippen molar-refractivity contribution in [3.63, 3.8) is 0 Å². The van der Waals surface area contributed by atoms with Crippen LogP contribution in [0.3, 0.4) is 0 Å². The third kappa shape index (κ3) is 6.94. The van der Waals surface area contributed by atoms with Gasteiger partial charge in [0.05, 0.1) is 10.0 Å². The van der Waals surface area contributed by atoms with Crippen LogP contribution >= 0.6 is 34.8 Å². The Hall–Kier alpha value is -1.71. The molecular weight excluding hydrogens is 425 g/mol. The first-order chi connectivity index (χ1) is 14.0. The molecule has 0 aromatic heterocycles. The molecule has 3 aromatic carbocycles. The molecule has 0 aliphatic carbocycles. The van der Waals surface area contributed by atoms with Crippen LogP contribution < -0.4 is 10.1 Å². The van der Waals surface area contributed by atoms with Gasteiger partial charge in [0.1, 0.15) is 12.4 Å². The molecule has 0 heterocycles. The van der Waals surface area contributed by atoms with Crippen LogP contribution in [0.2, 0.25) is 15.1 Å². The van der Waals surface area contributed by atoms with Crippen molar-refractivity contribution in [2.45, 2.75) is 39.0 Å². The number of rotatable bonds is 9. The van der Waals surface area contributed by atoms with Crippen LogP contribution in [0.15, 0.2) is 66.7 Å². The Bertz CT molecular complexity index is 931. The number of benzene rings is 3. The molecule has 152 valence electrons. The molecule has 0 saturated heterocycles. The topological polar surface area (TPSA) is 21.3 Å². The molecule has 0 aliphatic rings. The Morgan fingerprint density at radius 2 is 1.66 bits per heavy atom. The lowest BCUT2D eigenvalue weighted by atomic mass is 10.1. The van der Waals surface area contributed by atoms with E-state index in [2.05, 4.69) is 36.5 Å². The van der Waals surface area contributed by atoms with Crippen LogP contribution in [0.1, 0.15) is 30.0 Å². The number of nitrogens with one attached hydrogen (secondary N) is 1. The van der Waals surface area contributed by atoms with Crippen molar-refractivity contribution in [1.82, 2.24) is 5.32 Å². The second-order valence-electron chi connectivity index (χ2n) is 7.10. The quantitative estimate of drug-likeness (QED) is 0.370. The monoisotopic (exact) mass is 447 g/mol. The molecule has 0 aliphatic heterocycles. The summed E-state index contributed by atoms with van der Waals surface area (Å²) in [6, 6.07) is 22.1. The predicted octanol–water partition coefficient (Wildman–Crippen LogP) is 7.34. The maximum absolute atomic E-state index is 6.21. The van der Waals surface area contributed by atoms with E-state index in [1.807, 2.05) is 36.4 Å². The molecule has 5 heteroatoms. The Morgan fingerprint density at radius 3 is 2.41 bits per heavy atom. The molecular formula is C24H24Cl3NO. The van der Waals surface area contributed by atoms with E-state index in [0.29, 0.717) is 34.3 Å². The molecule has 3 rings (SSSR count). The molecule has 1 N–H and O–H groups in total. The van der Waals surface area contributed by atoms with Gasteiger partial charge in [-0.15, -0.1) is 0 Å². The maximum Gasteiger partial charge on any atom is 0.124 e. The minimum absolute atomic E-state index is 0.372. The fraction of sp³-hybridized carbons (Fsp3) is 0.250. The predicted molar refractivity (Wildman–Crippen MR) is 123 cm³/mol. The number of ether oxygens (including phenoxy) is 1. The van der Waals surface area contributed by atoms with Crippen molar-refractivity contribution in [2.24, 2.45) is 0 Å². The van der Waals surface area contributed by atoms with E-state index in [0.717, 1.165) is 29.7 Å². The average molecular weight is 449 g/mol. The Morgan fingerprint density at radius 1 is 0.862 bits per heavy atom. The normalized spacial score (nSPS) is 12.0. The Kier molecular flexibility index (Phi) is 8.26. The van der Waals surface area contributed by atoms with Gasteiger partial charge in [0.25, 0.3) is 0 Å². The number of hydrogen-bond acceptors (Lipinski definition) is 2. The molecule has 0 radical (unpaired) electrons. The molecule has 0 fully saturated rings. The smallest absolute Gasteiger partial charge is 0.124 e. The van der Waals surface area contributed by atoms with Crippen molar-refractivity contribution in [1.29, 1.82) is 0 Å². The van der Waals surface area contributed by atoms with Crippen LogP contribution in [-0.2, 0) is 19.6 Å². The number of halogens is 3. The van der Waals surface area contributed by atoms with Crippen LogP contribution in [0.5, 0.6) is 5.75 Å². The molecule has 0 spiro atoms. The summed E-state index contributed by atoms with van der Waals surface area (Å²) in [5, 5.41) is 5.33. The largest absolute Gasteiger partial charge is 0.489 e. The van der Waals surface area contributed by atoms with E-state index >= 15 is 0 Å². The maximum atomic E-state index is 6.21. The van der Waals surface area contributed by atoms with Gasteiger partial charge < -0.3 is 10.1 Å². The van der Waals surface area contributed by atoms with E-state index in [4.69, 9.17) is 39.5 Å². The highest BCUT2D eigenvalue weighted by Gasteiger charge is 2.09. The lowest BCUT2D eigenvalue weighted by molar-refractivity contribution is 0.301. The van der Waals surface area contributed by atoms with Crippen molar-refractivity contribution >= 4 is 34.8 Å². The third-order valence-electron chi connectivity index (χ3n) is 4.75. The first-order valence-electron chi connectivity index (χ1n) is 9.63. The first kappa shape index (κ1) is 22.0. The van der Waals surface area contributed by atoms with Crippen molar-refractivity contribution in [3.8, 4) is 5.75 Å². The van der Waals surface area contributed by atoms with E-state index < -0.39 is 0 Å². The van der Waals surface area contributed by atoms with Crippen molar-refractivity contribution in [2.75, 3.05) is 0 Å². The lowest BCUT2D eigenvalue weighted by Gasteiger charge is -2.17. The number of hydrogen-bond donors (Lipinski definition) is 1. The van der Waals surface area contributed by atoms with Gasteiger partial charge in [0, 0.05) is 23.2 Å². The minimum atomic E-state index is 0.372. The summed E-state index contributed by atoms with van der Waals surface area (Å²) in [7, 11) is 0. The summed E-state index contributed by atoms with van der Waals surface area (Å²) in [5.74, 6) is 0.809. The third-order valence-corrected chi connectivity index (χ3v) is 5.72. The van der Waals surface area contributed by atoms with Gasteiger partial charge >= 0.3 is 0 Å². The minimum Gasteiger partial charge on any atom is -0.489 e. The summed E-state index contributed by atoms with van der Waals surface area (Å²) >= 11 is 18.3. The zero-order valence-corrected chi connectivity index (χ0v) is 18.6. The van der Waals surface area contributed by atoms with Crippen LogP contribution in [-0.4, -0.2) is 6.04 Å². The second-order valence-corrected chi connectivity index (χ2v) is 8.35. The average Bonchev–Trinajstić information content (AvgIpc) is 2.73. The Balaban J connectivity index is 1.57. The molecule has 1 atom stereocenters. The van der Waals surface area contributed by atoms with Crippen molar-refractivity contribution < 1.29 is 4.74 Å². The summed E-state index contributed by atoms with van der Waals surface area (Å²) in [5.41, 5.74) is 3.35. The van der Waals surface area contributed by atoms with Gasteiger partial charge in [0.15, 0.2) is 0 Å². The summed E-state index contributed by atoms with van der Waals surface area (Å²) in [4.78, 5) is 0. The van der Waals surface area contributed by atoms with Crippen LogP contribution in [0, 0.1) is 0 Å². The first-order valence-corrected chi connectivity index (χ1v) is 10.8. The summed E-state index contributed by atoms with van der Waals surface area (Å²) < 4.78 is 6.03. The van der Waals surface area contributed by atoms with Gasteiger partial charge in [0.2, 0.25) is 0 Å². The van der Waals surface area contributed by atoms with Gasteiger partial charge in [-0.05, 0) is 61.2 Å². The zero-order chi connectivity index (χ0) is 20.6. The van der Waals surface area contributed by atoms with E-state index in [-0.39, 0.29) is 0 Å².